The maximum Gasteiger partial charge on any atom is 0.317 e. The Morgan fingerprint density at radius 1 is 1.00 bits per heavy atom. The van der Waals surface area contributed by atoms with Gasteiger partial charge in [0.25, 0.3) is 0 Å². The zero-order valence-electron chi connectivity index (χ0n) is 15.4. The van der Waals surface area contributed by atoms with Crippen molar-refractivity contribution in [1.82, 2.24) is 20.4 Å². The summed E-state index contributed by atoms with van der Waals surface area (Å²) >= 11 is 0. The minimum Gasteiger partial charge on any atom is -0.355 e. The van der Waals surface area contributed by atoms with Crippen molar-refractivity contribution in [2.24, 2.45) is 5.92 Å². The van der Waals surface area contributed by atoms with Crippen LogP contribution in [0.3, 0.4) is 0 Å². The Morgan fingerprint density at radius 2 is 1.62 bits per heavy atom. The van der Waals surface area contributed by atoms with Gasteiger partial charge >= 0.3 is 6.03 Å². The number of carbonyl (C=O) groups is 2. The molecule has 0 aromatic carbocycles. The van der Waals surface area contributed by atoms with Crippen LogP contribution in [0.4, 0.5) is 4.79 Å². The van der Waals surface area contributed by atoms with E-state index >= 15 is 0 Å². The number of urea groups is 1. The molecule has 2 fully saturated rings. The molecular formula is C18H34N4O2. The predicted octanol–water partition coefficient (Wildman–Crippen LogP) is 1.81. The molecule has 2 heterocycles. The molecule has 2 aliphatic rings. The van der Waals surface area contributed by atoms with Gasteiger partial charge in [0.15, 0.2) is 0 Å². The second-order valence-corrected chi connectivity index (χ2v) is 7.41. The molecule has 3 amide bonds. The third-order valence-corrected chi connectivity index (χ3v) is 4.99. The molecule has 2 rings (SSSR count). The molecule has 0 aliphatic carbocycles. The van der Waals surface area contributed by atoms with E-state index in [4.69, 9.17) is 0 Å². The number of hydrogen-bond acceptors (Lipinski definition) is 3. The summed E-state index contributed by atoms with van der Waals surface area (Å²) in [4.78, 5) is 28.6. The van der Waals surface area contributed by atoms with Gasteiger partial charge in [0.05, 0.1) is 0 Å². The third-order valence-electron chi connectivity index (χ3n) is 4.99. The van der Waals surface area contributed by atoms with Crippen LogP contribution in [-0.4, -0.2) is 67.0 Å². The monoisotopic (exact) mass is 338 g/mol. The van der Waals surface area contributed by atoms with Crippen LogP contribution >= 0.6 is 0 Å². The molecule has 0 aromatic rings. The smallest absolute Gasteiger partial charge is 0.317 e. The number of carbonyl (C=O) groups excluding carboxylic acids is 2. The normalized spacial score (nSPS) is 20.7. The van der Waals surface area contributed by atoms with Crippen molar-refractivity contribution < 1.29 is 9.59 Å². The maximum absolute atomic E-state index is 12.3. The van der Waals surface area contributed by atoms with E-state index < -0.39 is 0 Å². The summed E-state index contributed by atoms with van der Waals surface area (Å²) in [5, 5.41) is 6.01. The average Bonchev–Trinajstić information content (AvgIpc) is 2.83. The van der Waals surface area contributed by atoms with Gasteiger partial charge in [-0.05, 0) is 52.6 Å². The molecule has 6 nitrogen and oxygen atoms in total. The molecule has 0 aromatic heterocycles. The van der Waals surface area contributed by atoms with Crippen LogP contribution < -0.4 is 10.6 Å². The van der Waals surface area contributed by atoms with Crippen molar-refractivity contribution in [1.29, 1.82) is 0 Å². The first-order valence-electron chi connectivity index (χ1n) is 9.62. The molecule has 0 unspecified atom stereocenters. The van der Waals surface area contributed by atoms with Crippen LogP contribution in [0.1, 0.15) is 52.4 Å². The van der Waals surface area contributed by atoms with Crippen LogP contribution in [0.2, 0.25) is 0 Å². The van der Waals surface area contributed by atoms with Crippen molar-refractivity contribution in [2.45, 2.75) is 58.4 Å². The first-order valence-corrected chi connectivity index (χ1v) is 9.62. The molecule has 6 heteroatoms. The Hall–Kier alpha value is -1.30. The lowest BCUT2D eigenvalue weighted by Gasteiger charge is -2.32. The van der Waals surface area contributed by atoms with E-state index in [1.165, 1.54) is 38.8 Å². The zero-order valence-corrected chi connectivity index (χ0v) is 15.4. The number of likely N-dealkylation sites (tertiary alicyclic amines) is 2. The Bertz CT molecular complexity index is 398. The third kappa shape index (κ3) is 6.30. The Morgan fingerprint density at radius 3 is 2.21 bits per heavy atom. The van der Waals surface area contributed by atoms with Crippen molar-refractivity contribution in [2.75, 3.05) is 39.3 Å². The lowest BCUT2D eigenvalue weighted by Crippen LogP contribution is -2.48. The Balaban J connectivity index is 1.62. The van der Waals surface area contributed by atoms with E-state index in [9.17, 15) is 9.59 Å². The molecule has 138 valence electrons. The van der Waals surface area contributed by atoms with E-state index in [2.05, 4.69) is 15.5 Å². The van der Waals surface area contributed by atoms with Crippen LogP contribution in [0.15, 0.2) is 0 Å². The van der Waals surface area contributed by atoms with Gasteiger partial charge in [0.2, 0.25) is 5.91 Å². The predicted molar refractivity (Wildman–Crippen MR) is 95.9 cm³/mol. The molecule has 2 N–H and O–H groups in total. The summed E-state index contributed by atoms with van der Waals surface area (Å²) in [7, 11) is 0. The van der Waals surface area contributed by atoms with Gasteiger partial charge in [-0.2, -0.15) is 0 Å². The van der Waals surface area contributed by atoms with E-state index in [-0.39, 0.29) is 23.9 Å². The second-order valence-electron chi connectivity index (χ2n) is 7.41. The van der Waals surface area contributed by atoms with Crippen molar-refractivity contribution >= 4 is 11.9 Å². The fourth-order valence-electron chi connectivity index (χ4n) is 3.52. The van der Waals surface area contributed by atoms with Gasteiger partial charge in [0, 0.05) is 38.1 Å². The number of rotatable bonds is 5. The lowest BCUT2D eigenvalue weighted by atomic mass is 9.96. The highest BCUT2D eigenvalue weighted by Crippen LogP contribution is 2.17. The van der Waals surface area contributed by atoms with Crippen molar-refractivity contribution in [3.05, 3.63) is 0 Å². The zero-order chi connectivity index (χ0) is 17.4. The number of hydrogen-bond donors (Lipinski definition) is 2. The van der Waals surface area contributed by atoms with Gasteiger partial charge in [-0.1, -0.05) is 12.8 Å². The standard InChI is InChI=1S/C18H34N4O2/c1-15(2)20-18(24)22-12-7-16(8-13-22)17(23)19-9-14-21-10-5-3-4-6-11-21/h15-16H,3-14H2,1-2H3,(H,19,23)(H,20,24). The van der Waals surface area contributed by atoms with E-state index in [1.54, 1.807) is 0 Å². The molecule has 0 radical (unpaired) electrons. The molecule has 24 heavy (non-hydrogen) atoms. The minimum atomic E-state index is -0.00924. The van der Waals surface area contributed by atoms with Crippen molar-refractivity contribution in [3.8, 4) is 0 Å². The first kappa shape index (κ1) is 19.0. The van der Waals surface area contributed by atoms with Gasteiger partial charge < -0.3 is 20.4 Å². The largest absolute Gasteiger partial charge is 0.355 e. The summed E-state index contributed by atoms with van der Waals surface area (Å²) in [6.45, 7) is 9.29. The Kier molecular flexibility index (Phi) is 7.82. The van der Waals surface area contributed by atoms with E-state index in [0.29, 0.717) is 13.1 Å². The fourth-order valence-corrected chi connectivity index (χ4v) is 3.52. The van der Waals surface area contributed by atoms with Crippen LogP contribution in [0.5, 0.6) is 0 Å². The van der Waals surface area contributed by atoms with Gasteiger partial charge in [-0.25, -0.2) is 4.79 Å². The number of nitrogens with one attached hydrogen (secondary N) is 2. The molecule has 0 spiro atoms. The van der Waals surface area contributed by atoms with E-state index in [0.717, 1.165) is 25.9 Å². The van der Waals surface area contributed by atoms with Crippen LogP contribution in [0.25, 0.3) is 0 Å². The van der Waals surface area contributed by atoms with Gasteiger partial charge in [-0.15, -0.1) is 0 Å². The number of piperidine rings is 1. The minimum absolute atomic E-state index is 0.00924. The highest BCUT2D eigenvalue weighted by Gasteiger charge is 2.27. The highest BCUT2D eigenvalue weighted by molar-refractivity contribution is 5.79. The average molecular weight is 338 g/mol. The second kappa shape index (κ2) is 9.87. The van der Waals surface area contributed by atoms with Crippen LogP contribution in [0, 0.1) is 5.92 Å². The summed E-state index contributed by atoms with van der Waals surface area (Å²) in [6.07, 6.45) is 6.77. The summed E-state index contributed by atoms with van der Waals surface area (Å²) in [5.41, 5.74) is 0. The molecule has 0 atom stereocenters. The molecule has 2 aliphatic heterocycles. The number of amides is 3. The lowest BCUT2D eigenvalue weighted by molar-refractivity contribution is -0.126. The summed E-state index contributed by atoms with van der Waals surface area (Å²) in [5.74, 6) is 0.214. The summed E-state index contributed by atoms with van der Waals surface area (Å²) < 4.78 is 0. The topological polar surface area (TPSA) is 64.7 Å². The molecule has 0 bridgehead atoms. The van der Waals surface area contributed by atoms with Crippen LogP contribution in [-0.2, 0) is 4.79 Å². The Labute approximate surface area is 146 Å². The molecule has 0 saturated carbocycles. The van der Waals surface area contributed by atoms with Gasteiger partial charge in [-0.3, -0.25) is 4.79 Å². The first-order chi connectivity index (χ1) is 11.6. The van der Waals surface area contributed by atoms with Gasteiger partial charge in [0.1, 0.15) is 0 Å². The maximum atomic E-state index is 12.3. The fraction of sp³-hybridized carbons (Fsp3) is 0.889. The number of nitrogens with zero attached hydrogens (tertiary/aromatic N) is 2. The SMILES string of the molecule is CC(C)NC(=O)N1CCC(C(=O)NCCN2CCCCCC2)CC1. The quantitative estimate of drug-likeness (QED) is 0.803. The highest BCUT2D eigenvalue weighted by atomic mass is 16.2. The summed E-state index contributed by atoms with van der Waals surface area (Å²) in [6, 6.07) is 0.141. The molecular weight excluding hydrogens is 304 g/mol. The van der Waals surface area contributed by atoms with E-state index in [1.807, 2.05) is 18.7 Å². The van der Waals surface area contributed by atoms with Crippen molar-refractivity contribution in [3.63, 3.8) is 0 Å². The molecule has 2 saturated heterocycles.